The number of aryl methyl sites for hydroxylation is 1. The van der Waals surface area contributed by atoms with Crippen molar-refractivity contribution in [2.24, 2.45) is 10.8 Å². The third-order valence-electron chi connectivity index (χ3n) is 1.55. The second kappa shape index (κ2) is 4.51. The average molecular weight is 227 g/mol. The van der Waals surface area contributed by atoms with Crippen LogP contribution in [0.3, 0.4) is 0 Å². The SMILES string of the molecule is Cc1[nH]c(=O)[nH]c(=O)c1C=NNC(N)=S. The fourth-order valence-electron chi connectivity index (χ4n) is 0.926. The number of hydrogen-bond donors (Lipinski definition) is 4. The average Bonchev–Trinajstić information content (AvgIpc) is 2.08. The molecule has 0 radical (unpaired) electrons. The predicted octanol–water partition coefficient (Wildman–Crippen LogP) is -1.46. The van der Waals surface area contributed by atoms with Gasteiger partial charge in [0.05, 0.1) is 11.8 Å². The molecule has 7 nitrogen and oxygen atoms in total. The first-order chi connectivity index (χ1) is 7.00. The molecule has 0 aliphatic heterocycles. The van der Waals surface area contributed by atoms with Gasteiger partial charge in [-0.2, -0.15) is 5.10 Å². The molecule has 5 N–H and O–H groups in total. The second-order valence-electron chi connectivity index (χ2n) is 2.68. The highest BCUT2D eigenvalue weighted by molar-refractivity contribution is 7.80. The van der Waals surface area contributed by atoms with E-state index in [9.17, 15) is 9.59 Å². The van der Waals surface area contributed by atoms with Crippen LogP contribution in [0, 0.1) is 6.92 Å². The molecule has 80 valence electrons. The van der Waals surface area contributed by atoms with E-state index in [1.165, 1.54) is 6.21 Å². The zero-order valence-corrected chi connectivity index (χ0v) is 8.64. The molecule has 0 saturated carbocycles. The molecule has 1 aromatic rings. The summed E-state index contributed by atoms with van der Waals surface area (Å²) in [4.78, 5) is 26.6. The number of thiocarbonyl (C=S) groups is 1. The van der Waals surface area contributed by atoms with Gasteiger partial charge in [0.25, 0.3) is 5.56 Å². The van der Waals surface area contributed by atoms with E-state index in [0.717, 1.165) is 0 Å². The molecule has 0 aliphatic carbocycles. The molecule has 0 saturated heterocycles. The first-order valence-electron chi connectivity index (χ1n) is 3.92. The van der Waals surface area contributed by atoms with Gasteiger partial charge in [0, 0.05) is 5.69 Å². The maximum atomic E-state index is 11.3. The summed E-state index contributed by atoms with van der Waals surface area (Å²) in [6.07, 6.45) is 1.23. The maximum Gasteiger partial charge on any atom is 0.325 e. The molecule has 0 unspecified atom stereocenters. The highest BCUT2D eigenvalue weighted by Crippen LogP contribution is 1.89. The van der Waals surface area contributed by atoms with Gasteiger partial charge in [-0.25, -0.2) is 4.79 Å². The van der Waals surface area contributed by atoms with Gasteiger partial charge in [0.15, 0.2) is 5.11 Å². The van der Waals surface area contributed by atoms with Crippen LogP contribution in [0.25, 0.3) is 0 Å². The number of hydrazone groups is 1. The number of rotatable bonds is 2. The van der Waals surface area contributed by atoms with E-state index in [1.54, 1.807) is 6.92 Å². The van der Waals surface area contributed by atoms with E-state index < -0.39 is 11.2 Å². The van der Waals surface area contributed by atoms with Gasteiger partial charge in [-0.1, -0.05) is 0 Å². The molecular weight excluding hydrogens is 218 g/mol. The normalized spacial score (nSPS) is 10.5. The van der Waals surface area contributed by atoms with Crippen LogP contribution < -0.4 is 22.4 Å². The lowest BCUT2D eigenvalue weighted by molar-refractivity contribution is 0.981. The van der Waals surface area contributed by atoms with Crippen molar-refractivity contribution in [2.45, 2.75) is 6.92 Å². The smallest absolute Gasteiger partial charge is 0.325 e. The fraction of sp³-hybridized carbons (Fsp3) is 0.143. The number of nitrogens with one attached hydrogen (secondary N) is 3. The molecule has 1 aromatic heterocycles. The maximum absolute atomic E-state index is 11.3. The first-order valence-corrected chi connectivity index (χ1v) is 4.33. The highest BCUT2D eigenvalue weighted by Gasteiger charge is 2.01. The van der Waals surface area contributed by atoms with Gasteiger partial charge in [-0.15, -0.1) is 0 Å². The van der Waals surface area contributed by atoms with Gasteiger partial charge in [-0.3, -0.25) is 15.2 Å². The lowest BCUT2D eigenvalue weighted by atomic mass is 10.2. The van der Waals surface area contributed by atoms with E-state index in [1.807, 2.05) is 0 Å². The molecular formula is C7H9N5O2S. The number of aromatic nitrogens is 2. The Labute approximate surface area is 89.4 Å². The largest absolute Gasteiger partial charge is 0.375 e. The minimum atomic E-state index is -0.558. The lowest BCUT2D eigenvalue weighted by Gasteiger charge is -1.97. The second-order valence-corrected chi connectivity index (χ2v) is 3.12. The summed E-state index contributed by atoms with van der Waals surface area (Å²) in [5, 5.41) is 3.60. The van der Waals surface area contributed by atoms with Crippen LogP contribution in [0.1, 0.15) is 11.3 Å². The molecule has 8 heteroatoms. The number of nitrogens with two attached hydrogens (primary N) is 1. The van der Waals surface area contributed by atoms with Gasteiger partial charge in [0.2, 0.25) is 0 Å². The molecule has 0 fully saturated rings. The van der Waals surface area contributed by atoms with Gasteiger partial charge in [0.1, 0.15) is 0 Å². The Kier molecular flexibility index (Phi) is 3.34. The molecule has 0 aromatic carbocycles. The van der Waals surface area contributed by atoms with E-state index in [-0.39, 0.29) is 10.7 Å². The molecule has 15 heavy (non-hydrogen) atoms. The van der Waals surface area contributed by atoms with E-state index in [0.29, 0.717) is 5.69 Å². The van der Waals surface area contributed by atoms with E-state index in [4.69, 9.17) is 5.73 Å². The molecule has 1 rings (SSSR count). The molecule has 0 atom stereocenters. The van der Waals surface area contributed by atoms with E-state index >= 15 is 0 Å². The Morgan fingerprint density at radius 3 is 2.73 bits per heavy atom. The third kappa shape index (κ3) is 3.02. The molecule has 1 heterocycles. The molecule has 0 amide bonds. The van der Waals surface area contributed by atoms with Crippen LogP contribution in [0.15, 0.2) is 14.7 Å². The number of aromatic amines is 2. The Bertz CT molecular complexity index is 515. The highest BCUT2D eigenvalue weighted by atomic mass is 32.1. The Morgan fingerprint density at radius 1 is 1.53 bits per heavy atom. The summed E-state index contributed by atoms with van der Waals surface area (Å²) in [7, 11) is 0. The summed E-state index contributed by atoms with van der Waals surface area (Å²) >= 11 is 4.51. The third-order valence-corrected chi connectivity index (χ3v) is 1.64. The summed E-state index contributed by atoms with van der Waals surface area (Å²) in [6.45, 7) is 1.58. The number of H-pyrrole nitrogens is 2. The van der Waals surface area contributed by atoms with Crippen LogP contribution in [0.4, 0.5) is 0 Å². The quantitative estimate of drug-likeness (QED) is 0.280. The Balaban J connectivity index is 3.05. The van der Waals surface area contributed by atoms with Gasteiger partial charge in [-0.05, 0) is 19.1 Å². The van der Waals surface area contributed by atoms with Crippen molar-refractivity contribution >= 4 is 23.5 Å². The molecule has 0 bridgehead atoms. The predicted molar refractivity (Wildman–Crippen MR) is 59.9 cm³/mol. The number of nitrogens with zero attached hydrogens (tertiary/aromatic N) is 1. The molecule has 0 aliphatic rings. The summed E-state index contributed by atoms with van der Waals surface area (Å²) < 4.78 is 0. The van der Waals surface area contributed by atoms with Crippen molar-refractivity contribution < 1.29 is 0 Å². The fourth-order valence-corrected chi connectivity index (χ4v) is 0.978. The van der Waals surface area contributed by atoms with Crippen molar-refractivity contribution in [3.8, 4) is 0 Å². The number of hydrogen-bond acceptors (Lipinski definition) is 4. The van der Waals surface area contributed by atoms with Crippen LogP contribution in [0.2, 0.25) is 0 Å². The molecule has 0 spiro atoms. The minimum Gasteiger partial charge on any atom is -0.375 e. The summed E-state index contributed by atoms with van der Waals surface area (Å²) in [5.41, 5.74) is 6.98. The zero-order chi connectivity index (χ0) is 11.4. The monoisotopic (exact) mass is 227 g/mol. The topological polar surface area (TPSA) is 116 Å². The van der Waals surface area contributed by atoms with Crippen LogP contribution in [-0.2, 0) is 0 Å². The Morgan fingerprint density at radius 2 is 2.20 bits per heavy atom. The van der Waals surface area contributed by atoms with Crippen molar-refractivity contribution in [2.75, 3.05) is 0 Å². The van der Waals surface area contributed by atoms with Crippen molar-refractivity contribution in [3.05, 3.63) is 32.1 Å². The van der Waals surface area contributed by atoms with E-state index in [2.05, 4.69) is 32.7 Å². The van der Waals surface area contributed by atoms with Crippen LogP contribution in [-0.4, -0.2) is 21.3 Å². The van der Waals surface area contributed by atoms with Crippen molar-refractivity contribution in [3.63, 3.8) is 0 Å². The first kappa shape index (κ1) is 11.1. The minimum absolute atomic E-state index is 0.00948. The standard InChI is InChI=1S/C7H9N5O2S/c1-3-4(2-9-12-6(8)15)5(13)11-7(14)10-3/h2H,1H3,(H3,8,12,15)(H2,10,11,13,14). The van der Waals surface area contributed by atoms with Crippen LogP contribution in [0.5, 0.6) is 0 Å². The van der Waals surface area contributed by atoms with Crippen molar-refractivity contribution in [1.29, 1.82) is 0 Å². The summed E-state index contributed by atoms with van der Waals surface area (Å²) in [6, 6.07) is 0. The van der Waals surface area contributed by atoms with Crippen molar-refractivity contribution in [1.82, 2.24) is 15.4 Å². The van der Waals surface area contributed by atoms with Gasteiger partial charge >= 0.3 is 5.69 Å². The van der Waals surface area contributed by atoms with Gasteiger partial charge < -0.3 is 10.7 Å². The zero-order valence-electron chi connectivity index (χ0n) is 7.83. The Hall–Kier alpha value is -1.96. The summed E-state index contributed by atoms with van der Waals surface area (Å²) in [5.74, 6) is 0. The van der Waals surface area contributed by atoms with Crippen LogP contribution >= 0.6 is 12.2 Å². The lowest BCUT2D eigenvalue weighted by Crippen LogP contribution is -2.28.